The largest absolute Gasteiger partial charge is 0.439 e. The lowest BCUT2D eigenvalue weighted by molar-refractivity contribution is -0.116. The number of primary amides is 1. The van der Waals surface area contributed by atoms with Crippen LogP contribution < -0.4 is 21.5 Å². The molecule has 2 aromatic heterocycles. The third kappa shape index (κ3) is 4.61. The quantitative estimate of drug-likeness (QED) is 0.475. The van der Waals surface area contributed by atoms with Crippen molar-refractivity contribution in [3.05, 3.63) is 83.0 Å². The second-order valence-corrected chi connectivity index (χ2v) is 6.66. The molecule has 0 aliphatic heterocycles. The number of fused-ring (bicyclic) bond motifs is 1. The van der Waals surface area contributed by atoms with Gasteiger partial charge in [0.2, 0.25) is 17.7 Å². The van der Waals surface area contributed by atoms with Gasteiger partial charge in [-0.3, -0.25) is 14.2 Å². The molecule has 0 atom stereocenters. The number of pyridine rings is 1. The predicted octanol–water partition coefficient (Wildman–Crippen LogP) is 2.91. The van der Waals surface area contributed by atoms with Crippen LogP contribution in [0.2, 0.25) is 0 Å². The van der Waals surface area contributed by atoms with Crippen molar-refractivity contribution in [1.29, 1.82) is 0 Å². The highest BCUT2D eigenvalue weighted by atomic mass is 16.5. The van der Waals surface area contributed by atoms with E-state index in [9.17, 15) is 14.4 Å². The van der Waals surface area contributed by atoms with E-state index in [1.54, 1.807) is 54.6 Å². The number of oxazole rings is 1. The molecule has 2 amide bonds. The number of para-hydroxylation sites is 2. The Kier molecular flexibility index (Phi) is 5.48. The van der Waals surface area contributed by atoms with Crippen LogP contribution in [0.25, 0.3) is 11.1 Å². The predicted molar refractivity (Wildman–Crippen MR) is 113 cm³/mol. The lowest BCUT2D eigenvalue weighted by Crippen LogP contribution is -2.19. The van der Waals surface area contributed by atoms with E-state index in [1.807, 2.05) is 0 Å². The van der Waals surface area contributed by atoms with Crippen LogP contribution >= 0.6 is 0 Å². The number of ether oxygens (including phenoxy) is 1. The van der Waals surface area contributed by atoms with Crippen LogP contribution in [0.3, 0.4) is 0 Å². The Morgan fingerprint density at radius 3 is 2.71 bits per heavy atom. The van der Waals surface area contributed by atoms with Gasteiger partial charge < -0.3 is 20.2 Å². The van der Waals surface area contributed by atoms with Crippen LogP contribution in [0.4, 0.5) is 5.69 Å². The van der Waals surface area contributed by atoms with Crippen molar-refractivity contribution >= 4 is 28.6 Å². The van der Waals surface area contributed by atoms with Crippen LogP contribution in [-0.2, 0) is 11.3 Å². The number of aryl methyl sites for hydroxylation is 1. The number of benzene rings is 2. The van der Waals surface area contributed by atoms with Crippen molar-refractivity contribution in [3.8, 4) is 11.6 Å². The molecule has 0 saturated carbocycles. The molecule has 4 rings (SSSR count). The molecule has 9 nitrogen and oxygen atoms in total. The molecule has 31 heavy (non-hydrogen) atoms. The third-order valence-electron chi connectivity index (χ3n) is 4.50. The summed E-state index contributed by atoms with van der Waals surface area (Å²) in [6.07, 6.45) is 1.53. The molecule has 156 valence electrons. The molecule has 3 N–H and O–H groups in total. The molecule has 9 heteroatoms. The number of rotatable bonds is 7. The van der Waals surface area contributed by atoms with Crippen molar-refractivity contribution in [3.63, 3.8) is 0 Å². The zero-order valence-electron chi connectivity index (χ0n) is 16.3. The summed E-state index contributed by atoms with van der Waals surface area (Å²) in [5.41, 5.74) is 7.19. The number of anilines is 1. The summed E-state index contributed by atoms with van der Waals surface area (Å²) in [6.45, 7) is 0.187. The van der Waals surface area contributed by atoms with Crippen LogP contribution in [0.15, 0.2) is 76.1 Å². The number of aromatic nitrogens is 2. The van der Waals surface area contributed by atoms with Gasteiger partial charge >= 0.3 is 5.76 Å². The minimum atomic E-state index is -0.554. The number of nitrogens with one attached hydrogen (secondary N) is 1. The maximum atomic E-state index is 12.3. The van der Waals surface area contributed by atoms with Gasteiger partial charge in [-0.25, -0.2) is 9.78 Å². The molecule has 0 aliphatic carbocycles. The van der Waals surface area contributed by atoms with E-state index in [4.69, 9.17) is 14.9 Å². The summed E-state index contributed by atoms with van der Waals surface area (Å²) >= 11 is 0. The summed E-state index contributed by atoms with van der Waals surface area (Å²) in [5.74, 6) is -0.629. The standard InChI is InChI=1S/C22H18N4O5/c23-21(28)14-4-3-5-16(12-14)30-20-9-8-15(13-24-20)25-19(27)10-11-26-17-6-1-2-7-18(17)31-22(26)29/h1-9,12-13H,10-11H2,(H2,23,28)(H,25,27). The van der Waals surface area contributed by atoms with Crippen LogP contribution in [0.1, 0.15) is 16.8 Å². The average molecular weight is 418 g/mol. The molecule has 0 aliphatic rings. The molecular formula is C22H18N4O5. The SMILES string of the molecule is NC(=O)c1cccc(Oc2ccc(NC(=O)CCn3c(=O)oc4ccccc43)cn2)c1. The normalized spacial score (nSPS) is 10.7. The van der Waals surface area contributed by atoms with Crippen molar-refractivity contribution in [2.75, 3.05) is 5.32 Å². The van der Waals surface area contributed by atoms with Crippen molar-refractivity contribution in [1.82, 2.24) is 9.55 Å². The van der Waals surface area contributed by atoms with Gasteiger partial charge in [0.15, 0.2) is 5.58 Å². The smallest absolute Gasteiger partial charge is 0.419 e. The Morgan fingerprint density at radius 2 is 1.94 bits per heavy atom. The Balaban J connectivity index is 1.36. The molecule has 2 heterocycles. The number of hydrogen-bond donors (Lipinski definition) is 2. The lowest BCUT2D eigenvalue weighted by atomic mass is 10.2. The minimum Gasteiger partial charge on any atom is -0.439 e. The summed E-state index contributed by atoms with van der Waals surface area (Å²) in [5, 5.41) is 2.72. The Morgan fingerprint density at radius 1 is 1.10 bits per heavy atom. The first kappa shape index (κ1) is 19.9. The van der Waals surface area contributed by atoms with Gasteiger partial charge in [0.25, 0.3) is 0 Å². The number of amides is 2. The Labute approximate surface area is 176 Å². The molecule has 0 saturated heterocycles. The number of nitrogens with two attached hydrogens (primary N) is 1. The molecule has 0 bridgehead atoms. The Bertz CT molecular complexity index is 1310. The Hall–Kier alpha value is -4.40. The van der Waals surface area contributed by atoms with E-state index in [2.05, 4.69) is 10.3 Å². The van der Waals surface area contributed by atoms with E-state index in [1.165, 1.54) is 16.8 Å². The summed E-state index contributed by atoms with van der Waals surface area (Å²) in [7, 11) is 0. The number of hydrogen-bond acceptors (Lipinski definition) is 6. The molecule has 0 unspecified atom stereocenters. The first-order valence-corrected chi connectivity index (χ1v) is 9.41. The number of nitrogens with zero attached hydrogens (tertiary/aromatic N) is 2. The van der Waals surface area contributed by atoms with Gasteiger partial charge in [-0.05, 0) is 36.4 Å². The molecular weight excluding hydrogens is 400 g/mol. The molecule has 4 aromatic rings. The minimum absolute atomic E-state index is 0.0849. The fourth-order valence-electron chi connectivity index (χ4n) is 3.01. The maximum Gasteiger partial charge on any atom is 0.419 e. The summed E-state index contributed by atoms with van der Waals surface area (Å²) in [4.78, 5) is 39.6. The second-order valence-electron chi connectivity index (χ2n) is 6.66. The number of carbonyl (C=O) groups excluding carboxylic acids is 2. The highest BCUT2D eigenvalue weighted by Crippen LogP contribution is 2.21. The maximum absolute atomic E-state index is 12.3. The average Bonchev–Trinajstić information content (AvgIpc) is 3.09. The first-order valence-electron chi connectivity index (χ1n) is 9.41. The van der Waals surface area contributed by atoms with Gasteiger partial charge in [-0.1, -0.05) is 18.2 Å². The van der Waals surface area contributed by atoms with Crippen LogP contribution in [-0.4, -0.2) is 21.4 Å². The van der Waals surface area contributed by atoms with E-state index in [-0.39, 0.29) is 24.8 Å². The van der Waals surface area contributed by atoms with E-state index < -0.39 is 11.7 Å². The third-order valence-corrected chi connectivity index (χ3v) is 4.50. The lowest BCUT2D eigenvalue weighted by Gasteiger charge is -2.08. The van der Waals surface area contributed by atoms with Crippen molar-refractivity contribution < 1.29 is 18.7 Å². The van der Waals surface area contributed by atoms with Crippen molar-refractivity contribution in [2.24, 2.45) is 5.73 Å². The zero-order valence-corrected chi connectivity index (χ0v) is 16.3. The first-order chi connectivity index (χ1) is 15.0. The van der Waals surface area contributed by atoms with Gasteiger partial charge in [-0.15, -0.1) is 0 Å². The number of carbonyl (C=O) groups is 2. The van der Waals surface area contributed by atoms with Gasteiger partial charge in [0.1, 0.15) is 5.75 Å². The fraction of sp³-hybridized carbons (Fsp3) is 0.0909. The van der Waals surface area contributed by atoms with E-state index in [0.29, 0.717) is 28.1 Å². The van der Waals surface area contributed by atoms with Gasteiger partial charge in [-0.2, -0.15) is 0 Å². The zero-order chi connectivity index (χ0) is 21.8. The van der Waals surface area contributed by atoms with Crippen molar-refractivity contribution in [2.45, 2.75) is 13.0 Å². The topological polar surface area (TPSA) is 129 Å². The summed E-state index contributed by atoms with van der Waals surface area (Å²) < 4.78 is 12.2. The van der Waals surface area contributed by atoms with E-state index >= 15 is 0 Å². The monoisotopic (exact) mass is 418 g/mol. The van der Waals surface area contributed by atoms with E-state index in [0.717, 1.165) is 0 Å². The van der Waals surface area contributed by atoms with Gasteiger partial charge in [0.05, 0.1) is 17.4 Å². The fourth-order valence-corrected chi connectivity index (χ4v) is 3.01. The highest BCUT2D eigenvalue weighted by molar-refractivity contribution is 5.93. The summed E-state index contributed by atoms with van der Waals surface area (Å²) in [6, 6.07) is 16.7. The van der Waals surface area contributed by atoms with Crippen LogP contribution in [0.5, 0.6) is 11.6 Å². The molecule has 0 radical (unpaired) electrons. The highest BCUT2D eigenvalue weighted by Gasteiger charge is 2.11. The van der Waals surface area contributed by atoms with Crippen LogP contribution in [0, 0.1) is 0 Å². The molecule has 0 spiro atoms. The van der Waals surface area contributed by atoms with Gasteiger partial charge in [0, 0.05) is 24.6 Å². The molecule has 0 fully saturated rings. The second kappa shape index (κ2) is 8.54. The molecule has 2 aromatic carbocycles.